The predicted octanol–water partition coefficient (Wildman–Crippen LogP) is -1.63. The normalized spacial score (nSPS) is 32.9. The van der Waals surface area contributed by atoms with Crippen LogP contribution in [0.3, 0.4) is 0 Å². The topological polar surface area (TPSA) is 56.4 Å². The average Bonchev–Trinajstić information content (AvgIpc) is 2.65. The molecule has 5 heteroatoms. The molecule has 3 N–H and O–H groups in total. The van der Waals surface area contributed by atoms with Crippen molar-refractivity contribution in [1.29, 1.82) is 0 Å². The van der Waals surface area contributed by atoms with Crippen molar-refractivity contribution in [2.24, 2.45) is 0 Å². The van der Waals surface area contributed by atoms with Gasteiger partial charge in [-0.15, -0.1) is 0 Å². The van der Waals surface area contributed by atoms with E-state index >= 15 is 0 Å². The molecular formula is C10H20N4O. The summed E-state index contributed by atoms with van der Waals surface area (Å²) in [5, 5.41) is 9.53. The highest BCUT2D eigenvalue weighted by Gasteiger charge is 2.25. The first kappa shape index (κ1) is 10.9. The Kier molecular flexibility index (Phi) is 3.56. The van der Waals surface area contributed by atoms with Gasteiger partial charge in [0.1, 0.15) is 0 Å². The molecule has 2 fully saturated rings. The summed E-state index contributed by atoms with van der Waals surface area (Å²) in [7, 11) is 2.09. The number of likely N-dealkylation sites (N-methyl/N-ethyl adjacent to an activating group) is 1. The van der Waals surface area contributed by atoms with Crippen LogP contribution < -0.4 is 16.0 Å². The van der Waals surface area contributed by atoms with Crippen molar-refractivity contribution in [1.82, 2.24) is 20.9 Å². The van der Waals surface area contributed by atoms with E-state index in [9.17, 15) is 4.79 Å². The molecule has 0 aromatic heterocycles. The molecule has 0 saturated carbocycles. The molecule has 15 heavy (non-hydrogen) atoms. The smallest absolute Gasteiger partial charge is 0.238 e. The van der Waals surface area contributed by atoms with Gasteiger partial charge < -0.3 is 20.9 Å². The van der Waals surface area contributed by atoms with Gasteiger partial charge in [-0.3, -0.25) is 4.79 Å². The van der Waals surface area contributed by atoms with Crippen LogP contribution in [0.15, 0.2) is 0 Å². The van der Waals surface area contributed by atoms with Crippen LogP contribution in [-0.4, -0.2) is 62.7 Å². The molecule has 0 bridgehead atoms. The fraction of sp³-hybridized carbons (Fsp3) is 0.900. The molecule has 0 radical (unpaired) electrons. The first-order valence-corrected chi connectivity index (χ1v) is 5.69. The Morgan fingerprint density at radius 3 is 2.93 bits per heavy atom. The molecule has 2 heterocycles. The van der Waals surface area contributed by atoms with Crippen LogP contribution in [0, 0.1) is 0 Å². The summed E-state index contributed by atoms with van der Waals surface area (Å²) < 4.78 is 0. The van der Waals surface area contributed by atoms with Gasteiger partial charge >= 0.3 is 0 Å². The zero-order valence-electron chi connectivity index (χ0n) is 9.25. The molecular weight excluding hydrogens is 192 g/mol. The highest BCUT2D eigenvalue weighted by atomic mass is 16.2. The number of likely N-dealkylation sites (tertiary alicyclic amines) is 1. The maximum Gasteiger partial charge on any atom is 0.238 e. The molecule has 1 amide bonds. The minimum atomic E-state index is -0.0512. The van der Waals surface area contributed by atoms with E-state index in [1.54, 1.807) is 0 Å². The van der Waals surface area contributed by atoms with Crippen molar-refractivity contribution in [3.05, 3.63) is 0 Å². The van der Waals surface area contributed by atoms with Gasteiger partial charge in [0, 0.05) is 32.2 Å². The minimum Gasteiger partial charge on any atom is -0.351 e. The van der Waals surface area contributed by atoms with E-state index in [0.717, 1.165) is 39.1 Å². The lowest BCUT2D eigenvalue weighted by molar-refractivity contribution is -0.123. The SMILES string of the molecule is CN1CCC(NC(=O)C2CNCCN2)C1. The maximum atomic E-state index is 11.8. The Morgan fingerprint density at radius 1 is 1.47 bits per heavy atom. The van der Waals surface area contributed by atoms with E-state index in [1.165, 1.54) is 0 Å². The van der Waals surface area contributed by atoms with Crippen LogP contribution >= 0.6 is 0 Å². The summed E-state index contributed by atoms with van der Waals surface area (Å²) in [6.07, 6.45) is 1.07. The molecule has 5 nitrogen and oxygen atoms in total. The van der Waals surface area contributed by atoms with Crippen LogP contribution in [0.4, 0.5) is 0 Å². The van der Waals surface area contributed by atoms with Gasteiger partial charge in [-0.05, 0) is 20.0 Å². The molecule has 0 aliphatic carbocycles. The van der Waals surface area contributed by atoms with Crippen molar-refractivity contribution in [2.75, 3.05) is 39.8 Å². The largest absolute Gasteiger partial charge is 0.351 e. The van der Waals surface area contributed by atoms with E-state index < -0.39 is 0 Å². The molecule has 2 rings (SSSR count). The number of piperazine rings is 1. The first-order valence-electron chi connectivity index (χ1n) is 5.69. The Labute approximate surface area is 90.6 Å². The van der Waals surface area contributed by atoms with Gasteiger partial charge in [0.05, 0.1) is 6.04 Å². The highest BCUT2D eigenvalue weighted by Crippen LogP contribution is 2.06. The fourth-order valence-electron chi connectivity index (χ4n) is 2.19. The second-order valence-electron chi connectivity index (χ2n) is 4.47. The summed E-state index contributed by atoms with van der Waals surface area (Å²) in [4.78, 5) is 14.1. The fourth-order valence-corrected chi connectivity index (χ4v) is 2.19. The lowest BCUT2D eigenvalue weighted by Crippen LogP contribution is -2.57. The molecule has 2 unspecified atom stereocenters. The number of nitrogens with one attached hydrogen (secondary N) is 3. The van der Waals surface area contributed by atoms with E-state index in [1.807, 2.05) is 0 Å². The Bertz CT molecular complexity index is 227. The zero-order valence-corrected chi connectivity index (χ0v) is 9.25. The predicted molar refractivity (Wildman–Crippen MR) is 58.7 cm³/mol. The summed E-state index contributed by atoms with van der Waals surface area (Å²) in [6, 6.07) is 0.288. The second kappa shape index (κ2) is 4.92. The Balaban J connectivity index is 1.76. The Morgan fingerprint density at radius 2 is 2.33 bits per heavy atom. The lowest BCUT2D eigenvalue weighted by atomic mass is 10.2. The molecule has 86 valence electrons. The molecule has 2 aliphatic heterocycles. The molecule has 2 aliphatic rings. The first-order chi connectivity index (χ1) is 7.25. The maximum absolute atomic E-state index is 11.8. The monoisotopic (exact) mass is 212 g/mol. The molecule has 0 spiro atoms. The van der Waals surface area contributed by atoms with Crippen LogP contribution in [0.2, 0.25) is 0 Å². The van der Waals surface area contributed by atoms with Gasteiger partial charge in [-0.25, -0.2) is 0 Å². The number of rotatable bonds is 2. The summed E-state index contributed by atoms with van der Waals surface area (Å²) in [5.41, 5.74) is 0. The van der Waals surface area contributed by atoms with Gasteiger partial charge in [0.2, 0.25) is 5.91 Å². The summed E-state index contributed by atoms with van der Waals surface area (Å²) >= 11 is 0. The number of nitrogens with zero attached hydrogens (tertiary/aromatic N) is 1. The third-order valence-corrected chi connectivity index (χ3v) is 3.10. The van der Waals surface area contributed by atoms with Crippen LogP contribution in [-0.2, 0) is 4.79 Å². The standard InChI is InChI=1S/C10H20N4O/c1-14-5-2-8(7-14)13-10(15)9-6-11-3-4-12-9/h8-9,11-12H,2-7H2,1H3,(H,13,15). The van der Waals surface area contributed by atoms with Gasteiger partial charge in [0.15, 0.2) is 0 Å². The summed E-state index contributed by atoms with van der Waals surface area (Å²) in [6.45, 7) is 4.64. The van der Waals surface area contributed by atoms with Crippen molar-refractivity contribution in [3.63, 3.8) is 0 Å². The van der Waals surface area contributed by atoms with E-state index in [2.05, 4.69) is 27.9 Å². The summed E-state index contributed by atoms with van der Waals surface area (Å²) in [5.74, 6) is 0.141. The van der Waals surface area contributed by atoms with Crippen molar-refractivity contribution in [3.8, 4) is 0 Å². The average molecular weight is 212 g/mol. The Hall–Kier alpha value is -0.650. The molecule has 2 saturated heterocycles. The number of carbonyl (C=O) groups excluding carboxylic acids is 1. The second-order valence-corrected chi connectivity index (χ2v) is 4.47. The van der Waals surface area contributed by atoms with Gasteiger partial charge in [0.25, 0.3) is 0 Å². The number of amides is 1. The third-order valence-electron chi connectivity index (χ3n) is 3.10. The number of carbonyl (C=O) groups is 1. The molecule has 2 atom stereocenters. The van der Waals surface area contributed by atoms with E-state index in [4.69, 9.17) is 0 Å². The van der Waals surface area contributed by atoms with E-state index in [-0.39, 0.29) is 11.9 Å². The van der Waals surface area contributed by atoms with Crippen molar-refractivity contribution in [2.45, 2.75) is 18.5 Å². The number of hydrogen-bond acceptors (Lipinski definition) is 4. The molecule has 0 aromatic rings. The highest BCUT2D eigenvalue weighted by molar-refractivity contribution is 5.82. The number of hydrogen-bond donors (Lipinski definition) is 3. The zero-order chi connectivity index (χ0) is 10.7. The molecule has 0 aromatic carbocycles. The third kappa shape index (κ3) is 2.90. The quantitative estimate of drug-likeness (QED) is 0.514. The van der Waals surface area contributed by atoms with Crippen molar-refractivity contribution < 1.29 is 4.79 Å². The lowest BCUT2D eigenvalue weighted by Gasteiger charge is -2.25. The van der Waals surface area contributed by atoms with Crippen LogP contribution in [0.5, 0.6) is 0 Å². The minimum absolute atomic E-state index is 0.0512. The van der Waals surface area contributed by atoms with Crippen molar-refractivity contribution >= 4 is 5.91 Å². The van der Waals surface area contributed by atoms with E-state index in [0.29, 0.717) is 6.04 Å². The van der Waals surface area contributed by atoms with Gasteiger partial charge in [-0.2, -0.15) is 0 Å². The van der Waals surface area contributed by atoms with Crippen LogP contribution in [0.25, 0.3) is 0 Å². The van der Waals surface area contributed by atoms with Gasteiger partial charge in [-0.1, -0.05) is 0 Å². The van der Waals surface area contributed by atoms with Crippen LogP contribution in [0.1, 0.15) is 6.42 Å².